The van der Waals surface area contributed by atoms with Crippen LogP contribution >= 0.6 is 23.2 Å². The van der Waals surface area contributed by atoms with Gasteiger partial charge in [-0.1, -0.05) is 35.3 Å². The van der Waals surface area contributed by atoms with Gasteiger partial charge in [0.15, 0.2) is 23.6 Å². The van der Waals surface area contributed by atoms with Crippen molar-refractivity contribution in [2.45, 2.75) is 47.6 Å². The number of amides is 1. The standard InChI is InChI=1S/C15H17ClN6O3S.C15H16ClN5O4S/c16-11-7-20-14(21-15(18)19)10-6-8(3-4-9(10)11)26(24,25)22-5-1-2-12(22)13(17)23;16-11-7-19-13(20-15(17)18)10-6-8(3-4-9(10)11)26(24,25)21-5-1-2-12(21)14(22)23/h3-4,6-7,12H,1-2,5H2,(H2,17,23)(H4,18,19,20,21);3-4,6-7,12H,1-2,5H2,(H,22,23)(H4,17,18,19,20)/t2*12-/m11/s1. The number of hydrogen-bond acceptors (Lipinski definition) is 10. The normalized spacial score (nSPS) is 18.1. The van der Waals surface area contributed by atoms with Crippen molar-refractivity contribution in [2.24, 2.45) is 38.7 Å². The Hall–Kier alpha value is -4.86. The zero-order valence-corrected chi connectivity index (χ0v) is 30.2. The van der Waals surface area contributed by atoms with E-state index in [0.717, 1.165) is 8.61 Å². The molecule has 0 bridgehead atoms. The van der Waals surface area contributed by atoms with Gasteiger partial charge in [-0.2, -0.15) is 18.6 Å². The van der Waals surface area contributed by atoms with Crippen LogP contribution in [0.25, 0.3) is 21.5 Å². The van der Waals surface area contributed by atoms with Crippen molar-refractivity contribution in [2.75, 3.05) is 13.1 Å². The van der Waals surface area contributed by atoms with Crippen LogP contribution in [0.15, 0.2) is 68.6 Å². The van der Waals surface area contributed by atoms with Crippen molar-refractivity contribution in [1.82, 2.24) is 18.6 Å². The van der Waals surface area contributed by atoms with E-state index in [1.165, 1.54) is 42.7 Å². The monoisotopic (exact) mass is 793 g/mol. The summed E-state index contributed by atoms with van der Waals surface area (Å²) >= 11 is 12.2. The van der Waals surface area contributed by atoms with Gasteiger partial charge in [-0.05, 0) is 49.9 Å². The van der Waals surface area contributed by atoms with E-state index in [-0.39, 0.29) is 52.9 Å². The molecule has 1 amide bonds. The number of carboxylic acid groups (broad SMARTS) is 1. The molecule has 18 nitrogen and oxygen atoms in total. The average Bonchev–Trinajstić information content (AvgIpc) is 3.79. The number of aliphatic carboxylic acids is 1. The maximum absolute atomic E-state index is 13.0. The fourth-order valence-electron chi connectivity index (χ4n) is 5.95. The van der Waals surface area contributed by atoms with E-state index in [0.29, 0.717) is 50.9 Å². The number of fused-ring (bicyclic) bond motifs is 2. The maximum atomic E-state index is 13.0. The number of pyridine rings is 2. The fourth-order valence-corrected chi connectivity index (χ4v) is 9.74. The zero-order valence-electron chi connectivity index (χ0n) is 27.1. The number of rotatable bonds is 8. The van der Waals surface area contributed by atoms with Crippen molar-refractivity contribution < 1.29 is 31.5 Å². The van der Waals surface area contributed by atoms with Gasteiger partial charge in [0.2, 0.25) is 26.0 Å². The molecular formula is C30H33Cl2N11O7S2. The molecule has 0 aliphatic carbocycles. The molecule has 2 aromatic heterocycles. The smallest absolute Gasteiger partial charge is 0.322 e. The molecule has 6 rings (SSSR count). The highest BCUT2D eigenvalue weighted by Gasteiger charge is 2.40. The molecule has 2 aliphatic rings. The molecule has 2 aromatic carbocycles. The number of benzene rings is 2. The van der Waals surface area contributed by atoms with Gasteiger partial charge in [0.25, 0.3) is 0 Å². The van der Waals surface area contributed by atoms with Gasteiger partial charge >= 0.3 is 5.97 Å². The van der Waals surface area contributed by atoms with Gasteiger partial charge in [-0.3, -0.25) is 9.59 Å². The number of nitrogens with zero attached hydrogens (tertiary/aromatic N) is 6. The summed E-state index contributed by atoms with van der Waals surface area (Å²) in [6.07, 6.45) is 4.46. The molecule has 52 heavy (non-hydrogen) atoms. The summed E-state index contributed by atoms with van der Waals surface area (Å²) < 4.78 is 54.0. The minimum absolute atomic E-state index is 0.0192. The Kier molecular flexibility index (Phi) is 11.1. The predicted octanol–water partition coefficient (Wildman–Crippen LogP) is 1.46. The van der Waals surface area contributed by atoms with Gasteiger partial charge in [-0.25, -0.2) is 26.8 Å². The molecule has 11 N–H and O–H groups in total. The van der Waals surface area contributed by atoms with Gasteiger partial charge in [-0.15, -0.1) is 0 Å². The van der Waals surface area contributed by atoms with E-state index < -0.39 is 44.0 Å². The van der Waals surface area contributed by atoms with Crippen molar-refractivity contribution >= 4 is 100 Å². The Morgan fingerprint density at radius 1 is 0.692 bits per heavy atom. The summed E-state index contributed by atoms with van der Waals surface area (Å²) in [5.41, 5.74) is 26.9. The number of aromatic nitrogens is 2. The molecule has 276 valence electrons. The Balaban J connectivity index is 0.000000201. The van der Waals surface area contributed by atoms with Crippen LogP contribution in [0, 0.1) is 0 Å². The topological polar surface area (TPSA) is 310 Å². The summed E-state index contributed by atoms with van der Waals surface area (Å²) in [6, 6.07) is 6.66. The van der Waals surface area contributed by atoms with Gasteiger partial charge < -0.3 is 33.8 Å². The Morgan fingerprint density at radius 3 is 1.48 bits per heavy atom. The Bertz CT molecular complexity index is 2200. The zero-order chi connectivity index (χ0) is 38.1. The predicted molar refractivity (Wildman–Crippen MR) is 195 cm³/mol. The first-order chi connectivity index (χ1) is 24.4. The molecule has 0 radical (unpaired) electrons. The highest BCUT2D eigenvalue weighted by atomic mass is 35.5. The summed E-state index contributed by atoms with van der Waals surface area (Å²) in [7, 11) is -7.94. The molecular weight excluding hydrogens is 761 g/mol. The molecule has 0 saturated carbocycles. The molecule has 4 heterocycles. The number of halogens is 2. The lowest BCUT2D eigenvalue weighted by Gasteiger charge is -2.22. The fraction of sp³-hybridized carbons (Fsp3) is 0.267. The number of carbonyl (C=O) groups is 2. The van der Waals surface area contributed by atoms with Crippen LogP contribution in [0.5, 0.6) is 0 Å². The molecule has 2 fully saturated rings. The number of guanidine groups is 2. The van der Waals surface area contributed by atoms with Gasteiger partial charge in [0, 0.05) is 47.0 Å². The highest BCUT2D eigenvalue weighted by Crippen LogP contribution is 2.35. The van der Waals surface area contributed by atoms with Crippen molar-refractivity contribution in [3.05, 3.63) is 58.8 Å². The van der Waals surface area contributed by atoms with E-state index in [9.17, 15) is 31.5 Å². The van der Waals surface area contributed by atoms with E-state index in [2.05, 4.69) is 20.0 Å². The van der Waals surface area contributed by atoms with Crippen LogP contribution in [0.4, 0.5) is 11.6 Å². The second-order valence-corrected chi connectivity index (χ2v) is 16.2. The summed E-state index contributed by atoms with van der Waals surface area (Å²) in [6.45, 7) is 0.369. The molecule has 4 aromatic rings. The third-order valence-corrected chi connectivity index (χ3v) is 12.7. The number of primary amides is 1. The van der Waals surface area contributed by atoms with Gasteiger partial charge in [0.05, 0.1) is 19.8 Å². The number of carboxylic acids is 1. The van der Waals surface area contributed by atoms with Gasteiger partial charge in [0.1, 0.15) is 12.1 Å². The first kappa shape index (κ1) is 38.4. The van der Waals surface area contributed by atoms with Crippen LogP contribution in [0.3, 0.4) is 0 Å². The SMILES string of the molecule is NC(=O)[C@H]1CCCN1S(=O)(=O)c1ccc2c(Cl)cnc(N=C(N)N)c2c1.NC(N)=Nc1ncc(Cl)c2ccc(S(=O)(=O)N3CCC[C@@H]3C(=O)O)cc12. The molecule has 2 atom stereocenters. The van der Waals surface area contributed by atoms with E-state index in [4.69, 9.17) is 51.9 Å². The van der Waals surface area contributed by atoms with Crippen molar-refractivity contribution in [3.63, 3.8) is 0 Å². The van der Waals surface area contributed by atoms with Crippen LogP contribution in [0.1, 0.15) is 25.7 Å². The lowest BCUT2D eigenvalue weighted by Crippen LogP contribution is -2.43. The summed E-state index contributed by atoms with van der Waals surface area (Å²) in [5, 5.41) is 11.7. The minimum atomic E-state index is -4.01. The Morgan fingerprint density at radius 2 is 1.10 bits per heavy atom. The molecule has 0 spiro atoms. The highest BCUT2D eigenvalue weighted by molar-refractivity contribution is 7.89. The number of aliphatic imine (C=N–C) groups is 2. The van der Waals surface area contributed by atoms with Crippen molar-refractivity contribution in [1.29, 1.82) is 0 Å². The average molecular weight is 795 g/mol. The van der Waals surface area contributed by atoms with Crippen LogP contribution < -0.4 is 28.7 Å². The number of sulfonamides is 2. The maximum Gasteiger partial charge on any atom is 0.322 e. The third-order valence-electron chi connectivity index (χ3n) is 8.28. The van der Waals surface area contributed by atoms with E-state index in [1.54, 1.807) is 6.07 Å². The Labute approximate surface area is 307 Å². The second-order valence-electron chi connectivity index (χ2n) is 11.6. The minimum Gasteiger partial charge on any atom is -0.480 e. The first-order valence-corrected chi connectivity index (χ1v) is 19.0. The lowest BCUT2D eigenvalue weighted by atomic mass is 10.1. The van der Waals surface area contributed by atoms with E-state index in [1.807, 2.05) is 0 Å². The lowest BCUT2D eigenvalue weighted by molar-refractivity contribution is -0.140. The molecule has 2 saturated heterocycles. The quantitative estimate of drug-likeness (QED) is 0.109. The number of carbonyl (C=O) groups excluding carboxylic acids is 1. The van der Waals surface area contributed by atoms with Crippen molar-refractivity contribution in [3.8, 4) is 0 Å². The third kappa shape index (κ3) is 7.66. The molecule has 2 aliphatic heterocycles. The molecule has 0 unspecified atom stereocenters. The number of hydrogen-bond donors (Lipinski definition) is 6. The van der Waals surface area contributed by atoms with E-state index >= 15 is 0 Å². The molecule has 22 heteroatoms. The van der Waals surface area contributed by atoms with Crippen LogP contribution in [-0.4, -0.2) is 89.5 Å². The summed E-state index contributed by atoms with van der Waals surface area (Å²) in [4.78, 5) is 38.7. The van der Waals surface area contributed by atoms with Crippen LogP contribution in [0.2, 0.25) is 10.0 Å². The summed E-state index contributed by atoms with van der Waals surface area (Å²) in [5.74, 6) is -2.02. The second kappa shape index (κ2) is 15.0. The van der Waals surface area contributed by atoms with Crippen LogP contribution in [-0.2, 0) is 29.6 Å². The number of nitrogens with two attached hydrogens (primary N) is 5. The first-order valence-electron chi connectivity index (χ1n) is 15.3. The largest absolute Gasteiger partial charge is 0.480 e.